The van der Waals surface area contributed by atoms with E-state index in [1.807, 2.05) is 24.3 Å². The van der Waals surface area contributed by atoms with Crippen molar-refractivity contribution in [2.45, 2.75) is 12.8 Å². The number of ether oxygens (including phenoxy) is 1. The molecule has 0 fully saturated rings. The summed E-state index contributed by atoms with van der Waals surface area (Å²) in [6.45, 7) is 0. The summed E-state index contributed by atoms with van der Waals surface area (Å²) in [6.07, 6.45) is 4.86. The van der Waals surface area contributed by atoms with Gasteiger partial charge in [0.25, 0.3) is 0 Å². The predicted molar refractivity (Wildman–Crippen MR) is 92.2 cm³/mol. The summed E-state index contributed by atoms with van der Waals surface area (Å²) >= 11 is 0. The average molecular weight is 336 g/mol. The monoisotopic (exact) mass is 336 g/mol. The second-order valence-electron chi connectivity index (χ2n) is 5.50. The maximum absolute atomic E-state index is 12.1. The number of pyridine rings is 2. The normalized spacial score (nSPS) is 10.6. The average Bonchev–Trinajstić information content (AvgIpc) is 2.65. The zero-order valence-electron chi connectivity index (χ0n) is 13.6. The molecule has 0 saturated carbocycles. The summed E-state index contributed by atoms with van der Waals surface area (Å²) in [5.41, 5.74) is 1.42. The molecule has 2 heterocycles. The van der Waals surface area contributed by atoms with Crippen LogP contribution in [-0.2, 0) is 9.53 Å². The molecule has 1 aromatic carbocycles. The fraction of sp³-hybridized carbons (Fsp3) is 0.158. The Kier molecular flexibility index (Phi) is 4.70. The number of rotatable bonds is 5. The van der Waals surface area contributed by atoms with E-state index in [0.29, 0.717) is 5.56 Å². The number of nitrogens with zero attached hydrogens (tertiary/aromatic N) is 2. The van der Waals surface area contributed by atoms with Crippen molar-refractivity contribution in [1.29, 1.82) is 0 Å². The third kappa shape index (κ3) is 3.47. The van der Waals surface area contributed by atoms with Gasteiger partial charge in [0.15, 0.2) is 5.78 Å². The van der Waals surface area contributed by atoms with E-state index in [2.05, 4.69) is 14.7 Å². The van der Waals surface area contributed by atoms with Crippen molar-refractivity contribution in [3.8, 4) is 16.9 Å². The zero-order chi connectivity index (χ0) is 17.8. The summed E-state index contributed by atoms with van der Waals surface area (Å²) in [5, 5.41) is 12.1. The molecule has 3 aromatic rings. The minimum atomic E-state index is -0.480. The summed E-state index contributed by atoms with van der Waals surface area (Å²) < 4.78 is 4.50. The van der Waals surface area contributed by atoms with Gasteiger partial charge in [-0.2, -0.15) is 0 Å². The van der Waals surface area contributed by atoms with E-state index in [1.54, 1.807) is 12.4 Å². The first-order valence-electron chi connectivity index (χ1n) is 7.72. The molecule has 0 aliphatic heterocycles. The predicted octanol–water partition coefficient (Wildman–Crippen LogP) is 3.14. The second kappa shape index (κ2) is 7.09. The molecule has 25 heavy (non-hydrogen) atoms. The van der Waals surface area contributed by atoms with Crippen LogP contribution in [0.15, 0.2) is 48.9 Å². The number of fused-ring (bicyclic) bond motifs is 1. The number of methoxy groups -OCH3 is 1. The van der Waals surface area contributed by atoms with Crippen LogP contribution in [0, 0.1) is 0 Å². The lowest BCUT2D eigenvalue weighted by Gasteiger charge is -2.08. The van der Waals surface area contributed by atoms with E-state index < -0.39 is 11.8 Å². The molecule has 2 aromatic heterocycles. The molecule has 3 rings (SSSR count). The molecule has 0 atom stereocenters. The van der Waals surface area contributed by atoms with Crippen LogP contribution in [0.5, 0.6) is 5.75 Å². The first-order chi connectivity index (χ1) is 12.1. The fourth-order valence-corrected chi connectivity index (χ4v) is 2.60. The SMILES string of the molecule is COC(=O)CCC(=O)c1ncc(-c2cncc3ccccc23)cc1O. The molecule has 0 unspecified atom stereocenters. The second-order valence-corrected chi connectivity index (χ2v) is 5.50. The Balaban J connectivity index is 1.91. The maximum atomic E-state index is 12.1. The Morgan fingerprint density at radius 2 is 1.92 bits per heavy atom. The Hall–Kier alpha value is -3.28. The number of ketones is 1. The van der Waals surface area contributed by atoms with Crippen molar-refractivity contribution in [3.63, 3.8) is 0 Å². The van der Waals surface area contributed by atoms with Gasteiger partial charge in [-0.05, 0) is 11.5 Å². The van der Waals surface area contributed by atoms with Crippen molar-refractivity contribution < 1.29 is 19.4 Å². The summed E-state index contributed by atoms with van der Waals surface area (Å²) in [5.74, 6) is -1.11. The van der Waals surface area contributed by atoms with Gasteiger partial charge in [0.2, 0.25) is 0 Å². The van der Waals surface area contributed by atoms with Crippen LogP contribution in [0.4, 0.5) is 0 Å². The highest BCUT2D eigenvalue weighted by Crippen LogP contribution is 2.30. The van der Waals surface area contributed by atoms with Crippen LogP contribution in [0.1, 0.15) is 23.3 Å². The van der Waals surface area contributed by atoms with E-state index in [-0.39, 0.29) is 24.3 Å². The number of hydrogen-bond donors (Lipinski definition) is 1. The number of carbonyl (C=O) groups excluding carboxylic acids is 2. The van der Waals surface area contributed by atoms with Crippen LogP contribution >= 0.6 is 0 Å². The molecule has 0 saturated heterocycles. The van der Waals surface area contributed by atoms with Gasteiger partial charge in [-0.25, -0.2) is 4.98 Å². The molecule has 6 heteroatoms. The van der Waals surface area contributed by atoms with Crippen molar-refractivity contribution in [3.05, 3.63) is 54.6 Å². The number of aromatic nitrogens is 2. The minimum absolute atomic E-state index is 0.0502. The number of esters is 1. The third-order valence-corrected chi connectivity index (χ3v) is 3.89. The summed E-state index contributed by atoms with van der Waals surface area (Å²) in [4.78, 5) is 31.5. The number of aromatic hydroxyl groups is 1. The maximum Gasteiger partial charge on any atom is 0.305 e. The number of carbonyl (C=O) groups is 2. The number of hydrogen-bond acceptors (Lipinski definition) is 6. The molecule has 0 spiro atoms. The van der Waals surface area contributed by atoms with E-state index in [0.717, 1.165) is 16.3 Å². The number of benzene rings is 1. The van der Waals surface area contributed by atoms with Crippen LogP contribution in [0.25, 0.3) is 21.9 Å². The van der Waals surface area contributed by atoms with Gasteiger partial charge in [0, 0.05) is 41.5 Å². The highest BCUT2D eigenvalue weighted by Gasteiger charge is 2.16. The smallest absolute Gasteiger partial charge is 0.305 e. The molecule has 0 aliphatic carbocycles. The van der Waals surface area contributed by atoms with Gasteiger partial charge in [0.05, 0.1) is 13.5 Å². The van der Waals surface area contributed by atoms with Crippen LogP contribution in [0.3, 0.4) is 0 Å². The van der Waals surface area contributed by atoms with Gasteiger partial charge >= 0.3 is 5.97 Å². The molecular formula is C19H16N2O4. The highest BCUT2D eigenvalue weighted by atomic mass is 16.5. The van der Waals surface area contributed by atoms with Gasteiger partial charge < -0.3 is 9.84 Å². The van der Waals surface area contributed by atoms with Gasteiger partial charge in [-0.15, -0.1) is 0 Å². The zero-order valence-corrected chi connectivity index (χ0v) is 13.6. The minimum Gasteiger partial charge on any atom is -0.506 e. The summed E-state index contributed by atoms with van der Waals surface area (Å²) in [7, 11) is 1.26. The first-order valence-corrected chi connectivity index (χ1v) is 7.72. The molecule has 0 bridgehead atoms. The van der Waals surface area contributed by atoms with Gasteiger partial charge in [-0.1, -0.05) is 24.3 Å². The van der Waals surface area contributed by atoms with Crippen molar-refractivity contribution in [2.24, 2.45) is 0 Å². The molecule has 0 amide bonds. The quantitative estimate of drug-likeness (QED) is 0.569. The van der Waals surface area contributed by atoms with Crippen LogP contribution in [-0.4, -0.2) is 33.9 Å². The molecule has 1 N–H and O–H groups in total. The highest BCUT2D eigenvalue weighted by molar-refractivity contribution is 6.00. The third-order valence-electron chi connectivity index (χ3n) is 3.89. The van der Waals surface area contributed by atoms with Crippen molar-refractivity contribution in [1.82, 2.24) is 9.97 Å². The Labute approximate surface area is 144 Å². The Morgan fingerprint density at radius 1 is 1.12 bits per heavy atom. The first kappa shape index (κ1) is 16.6. The molecule has 0 aliphatic rings. The summed E-state index contributed by atoms with van der Waals surface area (Å²) in [6, 6.07) is 9.24. The van der Waals surface area contributed by atoms with Crippen molar-refractivity contribution in [2.75, 3.05) is 7.11 Å². The molecule has 0 radical (unpaired) electrons. The Bertz CT molecular complexity index is 948. The standard InChI is InChI=1S/C19H16N2O4/c1-25-18(24)7-6-16(22)19-17(23)8-13(10-21-19)15-11-20-9-12-4-2-3-5-14(12)15/h2-5,8-11,23H,6-7H2,1H3. The van der Waals surface area contributed by atoms with Gasteiger partial charge in [-0.3, -0.25) is 14.6 Å². The lowest BCUT2D eigenvalue weighted by Crippen LogP contribution is -2.07. The van der Waals surface area contributed by atoms with E-state index in [1.165, 1.54) is 19.4 Å². The Morgan fingerprint density at radius 3 is 2.68 bits per heavy atom. The van der Waals surface area contributed by atoms with E-state index in [4.69, 9.17) is 0 Å². The van der Waals surface area contributed by atoms with Crippen molar-refractivity contribution >= 4 is 22.5 Å². The number of Topliss-reactive ketones (excluding diaryl/α,β-unsaturated/α-hetero) is 1. The van der Waals surface area contributed by atoms with Crippen LogP contribution in [0.2, 0.25) is 0 Å². The van der Waals surface area contributed by atoms with E-state index in [9.17, 15) is 14.7 Å². The molecule has 6 nitrogen and oxygen atoms in total. The molecule has 126 valence electrons. The fourth-order valence-electron chi connectivity index (χ4n) is 2.60. The molecular weight excluding hydrogens is 320 g/mol. The lowest BCUT2D eigenvalue weighted by molar-refractivity contribution is -0.140. The van der Waals surface area contributed by atoms with Gasteiger partial charge in [0.1, 0.15) is 11.4 Å². The topological polar surface area (TPSA) is 89.4 Å². The largest absolute Gasteiger partial charge is 0.506 e. The van der Waals surface area contributed by atoms with Crippen LogP contribution < -0.4 is 0 Å². The lowest BCUT2D eigenvalue weighted by atomic mass is 10.0. The van der Waals surface area contributed by atoms with E-state index >= 15 is 0 Å².